The molecular formula is C10H8Cl2O8S2. The Morgan fingerprint density at radius 2 is 1.05 bits per heavy atom. The maximum absolute atomic E-state index is 10.4. The molecule has 2 unspecified atom stereocenters. The quantitative estimate of drug-likeness (QED) is 0.426. The minimum Gasteiger partial charge on any atom is -0.182 e. The van der Waals surface area contributed by atoms with Crippen molar-refractivity contribution in [2.24, 2.45) is 0 Å². The van der Waals surface area contributed by atoms with E-state index in [0.717, 1.165) is 0 Å². The van der Waals surface area contributed by atoms with Crippen molar-refractivity contribution in [3.8, 4) is 0 Å². The summed E-state index contributed by atoms with van der Waals surface area (Å²) in [6.45, 7) is 0. The molecule has 0 saturated carbocycles. The molecule has 0 spiro atoms. The smallest absolute Gasteiger partial charge is 0.140 e. The van der Waals surface area contributed by atoms with E-state index in [1.165, 1.54) is 21.6 Å². The van der Waals surface area contributed by atoms with Gasteiger partial charge in [0.15, 0.2) is 0 Å². The first-order chi connectivity index (χ1) is 10.1. The SMILES string of the molecule is [O-][Cl+3]([O-])([O-])OS1=CC=C(C2=CC=S(O[Cl+3]([O-])([O-])[O-])C=C2)C=C1. The monoisotopic (exact) mass is 390 g/mol. The van der Waals surface area contributed by atoms with E-state index in [0.29, 0.717) is 11.1 Å². The molecule has 0 aromatic rings. The van der Waals surface area contributed by atoms with E-state index < -0.39 is 42.0 Å². The molecule has 2 atom stereocenters. The predicted molar refractivity (Wildman–Crippen MR) is 63.9 cm³/mol. The Balaban J connectivity index is 2.07. The normalized spacial score (nSPS) is 25.2. The van der Waals surface area contributed by atoms with Crippen LogP contribution >= 0.6 is 21.5 Å². The molecule has 0 aromatic heterocycles. The Labute approximate surface area is 134 Å². The van der Waals surface area contributed by atoms with Crippen LogP contribution in [0.15, 0.2) is 46.3 Å². The van der Waals surface area contributed by atoms with Crippen LogP contribution in [0.1, 0.15) is 0 Å². The van der Waals surface area contributed by atoms with Crippen molar-refractivity contribution in [1.29, 1.82) is 0 Å². The lowest BCUT2D eigenvalue weighted by Crippen LogP contribution is -2.60. The molecule has 0 N–H and O–H groups in total. The Morgan fingerprint density at radius 3 is 1.27 bits per heavy atom. The lowest BCUT2D eigenvalue weighted by atomic mass is 10.1. The van der Waals surface area contributed by atoms with E-state index >= 15 is 0 Å². The van der Waals surface area contributed by atoms with Crippen LogP contribution in [-0.4, -0.2) is 10.7 Å². The summed E-state index contributed by atoms with van der Waals surface area (Å²) in [4.78, 5) is 0. The third kappa shape index (κ3) is 6.04. The molecule has 8 nitrogen and oxygen atoms in total. The van der Waals surface area contributed by atoms with Gasteiger partial charge in [-0.25, -0.2) is 0 Å². The Hall–Kier alpha value is -0.340. The highest BCUT2D eigenvalue weighted by molar-refractivity contribution is 8.13. The van der Waals surface area contributed by atoms with Crippen LogP contribution in [0.25, 0.3) is 0 Å². The molecule has 0 aromatic carbocycles. The van der Waals surface area contributed by atoms with Crippen molar-refractivity contribution in [3.63, 3.8) is 0 Å². The van der Waals surface area contributed by atoms with Crippen LogP contribution in [-0.2, 0) is 7.47 Å². The molecule has 2 aliphatic heterocycles. The van der Waals surface area contributed by atoms with Crippen LogP contribution in [0.3, 0.4) is 0 Å². The lowest BCUT2D eigenvalue weighted by Gasteiger charge is -2.15. The number of hydrogen-bond donors (Lipinski definition) is 0. The molecular weight excluding hydrogens is 383 g/mol. The zero-order valence-electron chi connectivity index (χ0n) is 10.5. The third-order valence-corrected chi connectivity index (χ3v) is 6.18. The number of allylic oxidation sites excluding steroid dienone is 6. The molecule has 0 saturated heterocycles. The molecule has 0 amide bonds. The molecule has 0 radical (unpaired) electrons. The maximum Gasteiger partial charge on any atom is 0.140 e. The highest BCUT2D eigenvalue weighted by Crippen LogP contribution is 2.30. The fourth-order valence-corrected chi connectivity index (χ4v) is 4.81. The van der Waals surface area contributed by atoms with Crippen LogP contribution in [0.2, 0.25) is 0 Å². The van der Waals surface area contributed by atoms with E-state index in [9.17, 15) is 28.0 Å². The molecule has 0 aliphatic carbocycles. The van der Waals surface area contributed by atoms with Gasteiger partial charge in [-0.05, 0) is 35.5 Å². The van der Waals surface area contributed by atoms with Crippen LogP contribution in [0.5, 0.6) is 0 Å². The van der Waals surface area contributed by atoms with Crippen molar-refractivity contribution >= 4 is 32.3 Å². The average molecular weight is 391 g/mol. The van der Waals surface area contributed by atoms with Crippen molar-refractivity contribution in [1.82, 2.24) is 0 Å². The molecule has 2 rings (SSSR count). The third-order valence-electron chi connectivity index (χ3n) is 2.16. The minimum absolute atomic E-state index is 0.686. The van der Waals surface area contributed by atoms with Gasteiger partial charge >= 0.3 is 0 Å². The Morgan fingerprint density at radius 1 is 0.682 bits per heavy atom. The fraction of sp³-hybridized carbons (Fsp3) is 0. The van der Waals surface area contributed by atoms with Crippen LogP contribution < -0.4 is 28.0 Å². The Bertz CT molecular complexity index is 580. The van der Waals surface area contributed by atoms with E-state index in [4.69, 9.17) is 0 Å². The molecule has 0 fully saturated rings. The van der Waals surface area contributed by atoms with Crippen molar-refractivity contribution < 1.29 is 55.9 Å². The molecule has 2 aliphatic rings. The second-order valence-electron chi connectivity index (χ2n) is 3.66. The van der Waals surface area contributed by atoms with Crippen LogP contribution in [0, 0.1) is 20.5 Å². The van der Waals surface area contributed by atoms with E-state index in [1.807, 2.05) is 0 Å². The zero-order chi connectivity index (χ0) is 16.4. The molecule has 22 heavy (non-hydrogen) atoms. The van der Waals surface area contributed by atoms with Crippen LogP contribution in [0.4, 0.5) is 0 Å². The summed E-state index contributed by atoms with van der Waals surface area (Å²) in [5, 5.41) is 5.60. The average Bonchev–Trinajstić information content (AvgIpc) is 2.37. The molecule has 122 valence electrons. The lowest BCUT2D eigenvalue weighted by molar-refractivity contribution is -1.91. The summed E-state index contributed by atoms with van der Waals surface area (Å²) in [6, 6.07) is 0. The topological polar surface area (TPSA) is 157 Å². The van der Waals surface area contributed by atoms with Crippen molar-refractivity contribution in [2.75, 3.05) is 0 Å². The first-order valence-electron chi connectivity index (χ1n) is 5.25. The summed E-state index contributed by atoms with van der Waals surface area (Å²) in [5.41, 5.74) is 1.37. The van der Waals surface area contributed by atoms with Gasteiger partial charge in [-0.1, -0.05) is 0 Å². The van der Waals surface area contributed by atoms with E-state index in [-0.39, 0.29) is 0 Å². The molecule has 2 heterocycles. The van der Waals surface area contributed by atoms with Gasteiger partial charge in [0.2, 0.25) is 0 Å². The van der Waals surface area contributed by atoms with Gasteiger partial charge in [0.25, 0.3) is 0 Å². The predicted octanol–water partition coefficient (Wildman–Crippen LogP) is -4.31. The van der Waals surface area contributed by atoms with Gasteiger partial charge in [-0.2, -0.15) is 28.0 Å². The first-order valence-corrected chi connectivity index (χ1v) is 10.3. The van der Waals surface area contributed by atoms with E-state index in [2.05, 4.69) is 7.47 Å². The summed E-state index contributed by atoms with van der Waals surface area (Å²) in [6.07, 6.45) is 6.23. The first kappa shape index (κ1) is 18.0. The second-order valence-corrected chi connectivity index (χ2v) is 8.58. The largest absolute Gasteiger partial charge is 0.182 e. The molecule has 12 heteroatoms. The maximum atomic E-state index is 10.4. The fourth-order valence-electron chi connectivity index (χ4n) is 1.41. The van der Waals surface area contributed by atoms with Gasteiger partial charge in [0.05, 0.1) is 20.5 Å². The minimum atomic E-state index is -4.50. The number of rotatable bonds is 5. The van der Waals surface area contributed by atoms with Gasteiger partial charge in [-0.15, -0.1) is 0 Å². The number of hydrogen-bond acceptors (Lipinski definition) is 8. The summed E-state index contributed by atoms with van der Waals surface area (Å²) >= 11 is 0. The van der Waals surface area contributed by atoms with Gasteiger partial charge in [-0.3, -0.25) is 0 Å². The van der Waals surface area contributed by atoms with Gasteiger partial charge in [0.1, 0.15) is 29.0 Å². The molecule has 0 bridgehead atoms. The summed E-state index contributed by atoms with van der Waals surface area (Å²) < 4.78 is 71.2. The van der Waals surface area contributed by atoms with Gasteiger partial charge in [0, 0.05) is 21.6 Å². The van der Waals surface area contributed by atoms with Crippen molar-refractivity contribution in [2.45, 2.75) is 0 Å². The standard InChI is InChI=1S/C10H8Cl2O8S2/c13-11(14,15)19-21-5-1-9(2-6-21)10-3-7-22(8-4-10)20-12(16,17)18/h1-8H. The zero-order valence-corrected chi connectivity index (χ0v) is 13.6. The highest BCUT2D eigenvalue weighted by Gasteiger charge is 2.22. The van der Waals surface area contributed by atoms with Crippen molar-refractivity contribution in [3.05, 3.63) is 46.3 Å². The second kappa shape index (κ2) is 7.05. The van der Waals surface area contributed by atoms with Gasteiger partial charge < -0.3 is 0 Å². The summed E-state index contributed by atoms with van der Waals surface area (Å²) in [7, 11) is -11.5. The summed E-state index contributed by atoms with van der Waals surface area (Å²) in [5.74, 6) is 0. The number of halogens is 2. The Kier molecular flexibility index (Phi) is 5.77. The highest BCUT2D eigenvalue weighted by atomic mass is 35.7. The van der Waals surface area contributed by atoms with E-state index in [1.54, 1.807) is 24.3 Å².